The standard InChI is InChI=1S/C18H30N4O2/c1-20(2)16-7-5-15(6-8-16)17(13-19-18(23)14-24-4)22-11-9-21(3)10-12-22/h5-8,17H,9-14H2,1-4H3,(H,19,23). The van der Waals surface area contributed by atoms with E-state index in [9.17, 15) is 4.79 Å². The average Bonchev–Trinajstić information content (AvgIpc) is 2.57. The van der Waals surface area contributed by atoms with E-state index in [0.29, 0.717) is 6.54 Å². The number of benzene rings is 1. The van der Waals surface area contributed by atoms with Gasteiger partial charge in [0.15, 0.2) is 0 Å². The number of likely N-dealkylation sites (N-methyl/N-ethyl adjacent to an activating group) is 1. The fourth-order valence-corrected chi connectivity index (χ4v) is 2.98. The Labute approximate surface area is 145 Å². The summed E-state index contributed by atoms with van der Waals surface area (Å²) < 4.78 is 4.91. The fraction of sp³-hybridized carbons (Fsp3) is 0.611. The molecule has 1 fully saturated rings. The van der Waals surface area contributed by atoms with Gasteiger partial charge in [-0.25, -0.2) is 0 Å². The first-order valence-corrected chi connectivity index (χ1v) is 8.46. The van der Waals surface area contributed by atoms with Crippen molar-refractivity contribution in [3.63, 3.8) is 0 Å². The molecule has 24 heavy (non-hydrogen) atoms. The molecule has 134 valence electrons. The van der Waals surface area contributed by atoms with Crippen molar-refractivity contribution >= 4 is 11.6 Å². The van der Waals surface area contributed by atoms with Crippen molar-refractivity contribution in [3.05, 3.63) is 29.8 Å². The number of carbonyl (C=O) groups excluding carboxylic acids is 1. The van der Waals surface area contributed by atoms with Gasteiger partial charge in [0.2, 0.25) is 5.91 Å². The number of rotatable bonds is 7. The van der Waals surface area contributed by atoms with Crippen molar-refractivity contribution < 1.29 is 9.53 Å². The van der Waals surface area contributed by atoms with Crippen LogP contribution < -0.4 is 10.2 Å². The lowest BCUT2D eigenvalue weighted by molar-refractivity contribution is -0.125. The molecule has 1 aliphatic heterocycles. The van der Waals surface area contributed by atoms with Gasteiger partial charge >= 0.3 is 0 Å². The molecule has 0 spiro atoms. The number of ether oxygens (including phenoxy) is 1. The van der Waals surface area contributed by atoms with Crippen LogP contribution in [0.1, 0.15) is 11.6 Å². The largest absolute Gasteiger partial charge is 0.378 e. The third kappa shape index (κ3) is 5.19. The summed E-state index contributed by atoms with van der Waals surface area (Å²) in [5.41, 5.74) is 2.42. The first-order chi connectivity index (χ1) is 11.5. The van der Waals surface area contributed by atoms with Crippen molar-refractivity contribution in [2.24, 2.45) is 0 Å². The minimum absolute atomic E-state index is 0.0680. The number of piperazine rings is 1. The highest BCUT2D eigenvalue weighted by molar-refractivity contribution is 5.77. The molecule has 0 saturated carbocycles. The number of methoxy groups -OCH3 is 1. The third-order valence-electron chi connectivity index (χ3n) is 4.54. The summed E-state index contributed by atoms with van der Waals surface area (Å²) in [5.74, 6) is -0.0680. The zero-order valence-corrected chi connectivity index (χ0v) is 15.3. The van der Waals surface area contributed by atoms with E-state index in [4.69, 9.17) is 4.74 Å². The van der Waals surface area contributed by atoms with E-state index in [-0.39, 0.29) is 18.6 Å². The first kappa shape index (κ1) is 18.7. The second kappa shape index (κ2) is 9.01. The van der Waals surface area contributed by atoms with E-state index >= 15 is 0 Å². The quantitative estimate of drug-likeness (QED) is 0.799. The van der Waals surface area contributed by atoms with Crippen LogP contribution in [0.3, 0.4) is 0 Å². The van der Waals surface area contributed by atoms with E-state index in [1.807, 2.05) is 14.1 Å². The summed E-state index contributed by atoms with van der Waals surface area (Å²) in [4.78, 5) is 18.7. The first-order valence-electron chi connectivity index (χ1n) is 8.46. The number of hydrogen-bond donors (Lipinski definition) is 1. The monoisotopic (exact) mass is 334 g/mol. The second-order valence-corrected chi connectivity index (χ2v) is 6.58. The van der Waals surface area contributed by atoms with Gasteiger partial charge in [0.25, 0.3) is 0 Å². The van der Waals surface area contributed by atoms with Gasteiger partial charge in [0.1, 0.15) is 6.61 Å². The Morgan fingerprint density at radius 2 is 1.83 bits per heavy atom. The highest BCUT2D eigenvalue weighted by Gasteiger charge is 2.24. The van der Waals surface area contributed by atoms with Crippen LogP contribution in [0.25, 0.3) is 0 Å². The maximum Gasteiger partial charge on any atom is 0.246 e. The van der Waals surface area contributed by atoms with Crippen molar-refractivity contribution in [3.8, 4) is 0 Å². The molecule has 0 radical (unpaired) electrons. The van der Waals surface area contributed by atoms with Gasteiger partial charge in [-0.05, 0) is 24.7 Å². The number of anilines is 1. The summed E-state index contributed by atoms with van der Waals surface area (Å²) in [5, 5.41) is 3.00. The lowest BCUT2D eigenvalue weighted by atomic mass is 10.0. The third-order valence-corrected chi connectivity index (χ3v) is 4.54. The Hall–Kier alpha value is -1.63. The van der Waals surface area contributed by atoms with Gasteiger partial charge in [-0.2, -0.15) is 0 Å². The van der Waals surface area contributed by atoms with Gasteiger partial charge in [-0.1, -0.05) is 12.1 Å². The molecule has 1 saturated heterocycles. The zero-order valence-electron chi connectivity index (χ0n) is 15.3. The van der Waals surface area contributed by atoms with Crippen molar-refractivity contribution in [2.45, 2.75) is 6.04 Å². The lowest BCUT2D eigenvalue weighted by Crippen LogP contribution is -2.48. The van der Waals surface area contributed by atoms with Crippen LogP contribution in [0, 0.1) is 0 Å². The summed E-state index contributed by atoms with van der Waals surface area (Å²) in [7, 11) is 7.77. The summed E-state index contributed by atoms with van der Waals surface area (Å²) in [6, 6.07) is 8.79. The maximum absolute atomic E-state index is 11.8. The van der Waals surface area contributed by atoms with E-state index in [1.54, 1.807) is 0 Å². The SMILES string of the molecule is COCC(=O)NCC(c1ccc(N(C)C)cc1)N1CCN(C)CC1. The van der Waals surface area contributed by atoms with E-state index in [2.05, 4.69) is 51.3 Å². The molecule has 1 amide bonds. The van der Waals surface area contributed by atoms with Crippen LogP contribution in [0.2, 0.25) is 0 Å². The molecule has 1 atom stereocenters. The van der Waals surface area contributed by atoms with E-state index in [1.165, 1.54) is 18.4 Å². The average molecular weight is 334 g/mol. The molecule has 1 aromatic carbocycles. The topological polar surface area (TPSA) is 48.1 Å². The van der Waals surface area contributed by atoms with Crippen LogP contribution in [0.5, 0.6) is 0 Å². The molecule has 2 rings (SSSR count). The number of amides is 1. The predicted octanol–water partition coefficient (Wildman–Crippen LogP) is 0.804. The Morgan fingerprint density at radius 3 is 2.38 bits per heavy atom. The molecule has 0 aliphatic carbocycles. The molecule has 6 nitrogen and oxygen atoms in total. The lowest BCUT2D eigenvalue weighted by Gasteiger charge is -2.38. The van der Waals surface area contributed by atoms with Crippen LogP contribution in [0.4, 0.5) is 5.69 Å². The summed E-state index contributed by atoms with van der Waals surface area (Å²) >= 11 is 0. The van der Waals surface area contributed by atoms with Crippen molar-refractivity contribution in [1.82, 2.24) is 15.1 Å². The van der Waals surface area contributed by atoms with Gasteiger partial charge in [0, 0.05) is 59.6 Å². The summed E-state index contributed by atoms with van der Waals surface area (Å²) in [6.45, 7) is 4.84. The molecule has 6 heteroatoms. The normalized spacial score (nSPS) is 17.5. The highest BCUT2D eigenvalue weighted by atomic mass is 16.5. The van der Waals surface area contributed by atoms with Crippen LogP contribution in [-0.2, 0) is 9.53 Å². The maximum atomic E-state index is 11.8. The van der Waals surface area contributed by atoms with Gasteiger partial charge < -0.3 is 19.9 Å². The van der Waals surface area contributed by atoms with E-state index in [0.717, 1.165) is 26.2 Å². The molecule has 1 unspecified atom stereocenters. The van der Waals surface area contributed by atoms with Gasteiger partial charge in [0.05, 0.1) is 6.04 Å². The molecule has 1 aromatic rings. The molecular weight excluding hydrogens is 304 g/mol. The minimum Gasteiger partial charge on any atom is -0.378 e. The number of nitrogens with zero attached hydrogens (tertiary/aromatic N) is 3. The second-order valence-electron chi connectivity index (χ2n) is 6.58. The molecule has 1 N–H and O–H groups in total. The van der Waals surface area contributed by atoms with Crippen molar-refractivity contribution in [1.29, 1.82) is 0 Å². The molecule has 1 aliphatic rings. The smallest absolute Gasteiger partial charge is 0.246 e. The Bertz CT molecular complexity index is 510. The number of carbonyl (C=O) groups is 1. The van der Waals surface area contributed by atoms with Gasteiger partial charge in [-0.15, -0.1) is 0 Å². The highest BCUT2D eigenvalue weighted by Crippen LogP contribution is 2.24. The molecule has 1 heterocycles. The summed E-state index contributed by atoms with van der Waals surface area (Å²) in [6.07, 6.45) is 0. The number of hydrogen-bond acceptors (Lipinski definition) is 5. The molecule has 0 bridgehead atoms. The molecular formula is C18H30N4O2. The van der Waals surface area contributed by atoms with Crippen LogP contribution in [0.15, 0.2) is 24.3 Å². The van der Waals surface area contributed by atoms with Gasteiger partial charge in [-0.3, -0.25) is 9.69 Å². The Balaban J connectivity index is 2.10. The molecule has 0 aromatic heterocycles. The Morgan fingerprint density at radius 1 is 1.21 bits per heavy atom. The minimum atomic E-state index is -0.0680. The number of nitrogens with one attached hydrogen (secondary N) is 1. The van der Waals surface area contributed by atoms with Crippen LogP contribution >= 0.6 is 0 Å². The van der Waals surface area contributed by atoms with E-state index < -0.39 is 0 Å². The Kier molecular flexibility index (Phi) is 7.02. The zero-order chi connectivity index (χ0) is 17.5. The predicted molar refractivity (Wildman–Crippen MR) is 97.5 cm³/mol. The van der Waals surface area contributed by atoms with Crippen LogP contribution in [-0.4, -0.2) is 83.3 Å². The fourth-order valence-electron chi connectivity index (χ4n) is 2.98. The van der Waals surface area contributed by atoms with Crippen molar-refractivity contribution in [2.75, 3.05) is 72.5 Å².